The van der Waals surface area contributed by atoms with Gasteiger partial charge < -0.3 is 10.1 Å². The lowest BCUT2D eigenvalue weighted by Crippen LogP contribution is -2.34. The molecule has 1 saturated carbocycles. The highest BCUT2D eigenvalue weighted by Gasteiger charge is 2.40. The highest BCUT2D eigenvalue weighted by Crippen LogP contribution is 2.47. The molecule has 18 heavy (non-hydrogen) atoms. The van der Waals surface area contributed by atoms with Crippen molar-refractivity contribution >= 4 is 0 Å². The fourth-order valence-corrected chi connectivity index (χ4v) is 2.39. The SMILES string of the molecule is CCNCC(C)(CCCOCC(F)(F)F)C1CC1. The molecule has 1 aliphatic carbocycles. The van der Waals surface area contributed by atoms with Gasteiger partial charge in [-0.25, -0.2) is 0 Å². The molecule has 5 heteroatoms. The molecule has 1 aliphatic rings. The van der Waals surface area contributed by atoms with Crippen LogP contribution in [0.3, 0.4) is 0 Å². The first kappa shape index (κ1) is 15.8. The number of hydrogen-bond donors (Lipinski definition) is 1. The molecule has 0 bridgehead atoms. The third-order valence-electron chi connectivity index (χ3n) is 3.64. The number of rotatable bonds is 9. The van der Waals surface area contributed by atoms with E-state index in [2.05, 4.69) is 23.9 Å². The van der Waals surface area contributed by atoms with Gasteiger partial charge in [0.05, 0.1) is 0 Å². The minimum Gasteiger partial charge on any atom is -0.372 e. The van der Waals surface area contributed by atoms with Crippen molar-refractivity contribution in [1.29, 1.82) is 0 Å². The molecule has 1 rings (SSSR count). The molecule has 0 aromatic carbocycles. The Kier molecular flexibility index (Phi) is 5.92. The first-order valence-electron chi connectivity index (χ1n) is 6.72. The zero-order valence-corrected chi connectivity index (χ0v) is 11.3. The topological polar surface area (TPSA) is 21.3 Å². The van der Waals surface area contributed by atoms with E-state index in [9.17, 15) is 13.2 Å². The Balaban J connectivity index is 2.18. The van der Waals surface area contributed by atoms with E-state index in [1.165, 1.54) is 12.8 Å². The van der Waals surface area contributed by atoms with Crippen LogP contribution in [0.5, 0.6) is 0 Å². The lowest BCUT2D eigenvalue weighted by atomic mass is 9.80. The zero-order valence-electron chi connectivity index (χ0n) is 11.3. The van der Waals surface area contributed by atoms with Crippen molar-refractivity contribution in [1.82, 2.24) is 5.32 Å². The summed E-state index contributed by atoms with van der Waals surface area (Å²) in [6.45, 7) is 5.27. The smallest absolute Gasteiger partial charge is 0.372 e. The van der Waals surface area contributed by atoms with Crippen LogP contribution in [0, 0.1) is 11.3 Å². The van der Waals surface area contributed by atoms with Crippen molar-refractivity contribution in [2.24, 2.45) is 11.3 Å². The van der Waals surface area contributed by atoms with E-state index >= 15 is 0 Å². The van der Waals surface area contributed by atoms with E-state index in [0.29, 0.717) is 6.42 Å². The summed E-state index contributed by atoms with van der Waals surface area (Å²) in [5.41, 5.74) is 0.220. The molecule has 0 spiro atoms. The molecule has 0 saturated heterocycles. The second kappa shape index (κ2) is 6.75. The molecule has 1 atom stereocenters. The number of alkyl halides is 3. The van der Waals surface area contributed by atoms with Gasteiger partial charge in [0.1, 0.15) is 6.61 Å². The average Bonchev–Trinajstić information content (AvgIpc) is 3.08. The molecule has 0 radical (unpaired) electrons. The van der Waals surface area contributed by atoms with Gasteiger partial charge in [-0.2, -0.15) is 13.2 Å². The van der Waals surface area contributed by atoms with Crippen LogP contribution in [0.2, 0.25) is 0 Å². The Hall–Kier alpha value is -0.290. The standard InChI is InChI=1S/C13H24F3NO/c1-3-17-9-12(2,11-5-6-11)7-4-8-18-10-13(14,15)16/h11,17H,3-10H2,1-2H3. The third-order valence-corrected chi connectivity index (χ3v) is 3.64. The van der Waals surface area contributed by atoms with Crippen molar-refractivity contribution in [2.45, 2.75) is 45.7 Å². The van der Waals surface area contributed by atoms with E-state index in [4.69, 9.17) is 0 Å². The maximum atomic E-state index is 11.9. The van der Waals surface area contributed by atoms with Crippen LogP contribution in [-0.4, -0.2) is 32.5 Å². The van der Waals surface area contributed by atoms with E-state index in [-0.39, 0.29) is 12.0 Å². The van der Waals surface area contributed by atoms with Gasteiger partial charge >= 0.3 is 6.18 Å². The highest BCUT2D eigenvalue weighted by atomic mass is 19.4. The molecular weight excluding hydrogens is 243 g/mol. The van der Waals surface area contributed by atoms with Gasteiger partial charge in [0.25, 0.3) is 0 Å². The molecule has 1 N–H and O–H groups in total. The Morgan fingerprint density at radius 2 is 1.94 bits per heavy atom. The molecule has 0 amide bonds. The first-order chi connectivity index (χ1) is 8.37. The summed E-state index contributed by atoms with van der Waals surface area (Å²) in [5.74, 6) is 0.735. The van der Waals surface area contributed by atoms with Gasteiger partial charge in [-0.15, -0.1) is 0 Å². The van der Waals surface area contributed by atoms with Gasteiger partial charge in [-0.1, -0.05) is 13.8 Å². The maximum absolute atomic E-state index is 11.9. The van der Waals surface area contributed by atoms with E-state index in [1.807, 2.05) is 0 Å². The Morgan fingerprint density at radius 3 is 2.44 bits per heavy atom. The van der Waals surface area contributed by atoms with Crippen LogP contribution in [0.4, 0.5) is 13.2 Å². The molecule has 1 unspecified atom stereocenters. The van der Waals surface area contributed by atoms with Crippen molar-refractivity contribution in [3.8, 4) is 0 Å². The molecule has 0 heterocycles. The third kappa shape index (κ3) is 6.05. The van der Waals surface area contributed by atoms with Crippen LogP contribution in [0.1, 0.15) is 39.5 Å². The lowest BCUT2D eigenvalue weighted by Gasteiger charge is -2.30. The molecule has 0 aromatic rings. The molecular formula is C13H24F3NO. The van der Waals surface area contributed by atoms with Crippen LogP contribution < -0.4 is 5.32 Å². The monoisotopic (exact) mass is 267 g/mol. The Labute approximate surface area is 107 Å². The van der Waals surface area contributed by atoms with Gasteiger partial charge in [-0.3, -0.25) is 0 Å². The molecule has 2 nitrogen and oxygen atoms in total. The van der Waals surface area contributed by atoms with Crippen LogP contribution in [-0.2, 0) is 4.74 Å². The lowest BCUT2D eigenvalue weighted by molar-refractivity contribution is -0.174. The van der Waals surface area contributed by atoms with Gasteiger partial charge in [0, 0.05) is 13.2 Å². The van der Waals surface area contributed by atoms with E-state index in [1.54, 1.807) is 0 Å². The predicted octanol–water partition coefficient (Wildman–Crippen LogP) is 3.37. The summed E-state index contributed by atoms with van der Waals surface area (Å²) in [6, 6.07) is 0. The summed E-state index contributed by atoms with van der Waals surface area (Å²) in [7, 11) is 0. The molecule has 0 aromatic heterocycles. The minimum absolute atomic E-state index is 0.202. The quantitative estimate of drug-likeness (QED) is 0.647. The molecule has 108 valence electrons. The second-order valence-electron chi connectivity index (χ2n) is 5.48. The summed E-state index contributed by atoms with van der Waals surface area (Å²) in [6.07, 6.45) is -0.0584. The van der Waals surface area contributed by atoms with Crippen LogP contribution >= 0.6 is 0 Å². The highest BCUT2D eigenvalue weighted by molar-refractivity contribution is 4.92. The largest absolute Gasteiger partial charge is 0.411 e. The molecule has 1 fully saturated rings. The number of ether oxygens (including phenoxy) is 1. The van der Waals surface area contributed by atoms with Crippen molar-refractivity contribution < 1.29 is 17.9 Å². The fraction of sp³-hybridized carbons (Fsp3) is 1.00. The van der Waals surface area contributed by atoms with Gasteiger partial charge in [0.2, 0.25) is 0 Å². The van der Waals surface area contributed by atoms with E-state index in [0.717, 1.165) is 25.4 Å². The number of nitrogens with one attached hydrogen (secondary N) is 1. The minimum atomic E-state index is -4.20. The summed E-state index contributed by atoms with van der Waals surface area (Å²) in [5, 5.41) is 3.35. The Morgan fingerprint density at radius 1 is 1.28 bits per heavy atom. The number of hydrogen-bond acceptors (Lipinski definition) is 2. The average molecular weight is 267 g/mol. The van der Waals surface area contributed by atoms with Crippen molar-refractivity contribution in [2.75, 3.05) is 26.3 Å². The summed E-state index contributed by atoms with van der Waals surface area (Å²) >= 11 is 0. The summed E-state index contributed by atoms with van der Waals surface area (Å²) in [4.78, 5) is 0. The molecule has 0 aliphatic heterocycles. The van der Waals surface area contributed by atoms with Gasteiger partial charge in [-0.05, 0) is 43.6 Å². The van der Waals surface area contributed by atoms with Crippen LogP contribution in [0.15, 0.2) is 0 Å². The van der Waals surface area contributed by atoms with E-state index < -0.39 is 12.8 Å². The van der Waals surface area contributed by atoms with Crippen molar-refractivity contribution in [3.63, 3.8) is 0 Å². The van der Waals surface area contributed by atoms with Gasteiger partial charge in [0.15, 0.2) is 0 Å². The normalized spacial score (nSPS) is 19.8. The Bertz CT molecular complexity index is 241. The number of halogens is 3. The summed E-state index contributed by atoms with van der Waals surface area (Å²) < 4.78 is 40.3. The maximum Gasteiger partial charge on any atom is 0.411 e. The fourth-order valence-electron chi connectivity index (χ4n) is 2.39. The van der Waals surface area contributed by atoms with Crippen LogP contribution in [0.25, 0.3) is 0 Å². The first-order valence-corrected chi connectivity index (χ1v) is 6.72. The van der Waals surface area contributed by atoms with Crippen molar-refractivity contribution in [3.05, 3.63) is 0 Å². The zero-order chi connectivity index (χ0) is 13.6. The second-order valence-corrected chi connectivity index (χ2v) is 5.48. The predicted molar refractivity (Wildman–Crippen MR) is 65.5 cm³/mol.